The number of carbonyl (C=O) groups is 1. The maximum Gasteiger partial charge on any atom is 0.249 e. The molecule has 1 atom stereocenters. The number of halogens is 2. The summed E-state index contributed by atoms with van der Waals surface area (Å²) in [6.45, 7) is 1.84. The minimum absolute atomic E-state index is 0.130. The van der Waals surface area contributed by atoms with Gasteiger partial charge in [0.05, 0.1) is 0 Å². The van der Waals surface area contributed by atoms with E-state index in [1.54, 1.807) is 18.2 Å². The number of amides is 1. The van der Waals surface area contributed by atoms with Gasteiger partial charge in [-0.25, -0.2) is 8.78 Å². The number of benzene rings is 1. The van der Waals surface area contributed by atoms with E-state index in [0.29, 0.717) is 5.69 Å². The highest BCUT2D eigenvalue weighted by Gasteiger charge is 2.48. The predicted molar refractivity (Wildman–Crippen MR) is 65.3 cm³/mol. The maximum absolute atomic E-state index is 12.7. The van der Waals surface area contributed by atoms with Crippen molar-refractivity contribution < 1.29 is 13.6 Å². The first-order valence-corrected chi connectivity index (χ1v) is 5.92. The Morgan fingerprint density at radius 1 is 1.50 bits per heavy atom. The van der Waals surface area contributed by atoms with Crippen LogP contribution in [0.4, 0.5) is 14.5 Å². The molecule has 3 N–H and O–H groups in total. The molecule has 1 aromatic carbocycles. The fraction of sp³-hybridized carbons (Fsp3) is 0.462. The molecule has 1 fully saturated rings. The van der Waals surface area contributed by atoms with Crippen molar-refractivity contribution in [2.75, 3.05) is 5.32 Å². The van der Waals surface area contributed by atoms with E-state index in [0.717, 1.165) is 5.56 Å². The van der Waals surface area contributed by atoms with Crippen LogP contribution >= 0.6 is 0 Å². The number of anilines is 1. The minimum Gasteiger partial charge on any atom is -0.326 e. The molecular formula is C13H16F2N2O. The Morgan fingerprint density at radius 2 is 2.17 bits per heavy atom. The summed E-state index contributed by atoms with van der Waals surface area (Å²) < 4.78 is 25.3. The van der Waals surface area contributed by atoms with Crippen molar-refractivity contribution in [3.8, 4) is 0 Å². The third-order valence-electron chi connectivity index (χ3n) is 3.14. The van der Waals surface area contributed by atoms with Crippen LogP contribution in [0.3, 0.4) is 0 Å². The fourth-order valence-electron chi connectivity index (χ4n) is 1.99. The van der Waals surface area contributed by atoms with E-state index in [9.17, 15) is 13.6 Å². The Bertz CT molecular complexity index is 452. The first-order valence-electron chi connectivity index (χ1n) is 5.92. The van der Waals surface area contributed by atoms with E-state index in [1.807, 2.05) is 13.0 Å². The van der Waals surface area contributed by atoms with Gasteiger partial charge in [-0.15, -0.1) is 0 Å². The second-order valence-corrected chi connectivity index (χ2v) is 4.86. The molecule has 3 nitrogen and oxygen atoms in total. The van der Waals surface area contributed by atoms with E-state index in [2.05, 4.69) is 5.32 Å². The van der Waals surface area contributed by atoms with Crippen LogP contribution < -0.4 is 11.1 Å². The molecule has 1 amide bonds. The average molecular weight is 254 g/mol. The van der Waals surface area contributed by atoms with Crippen LogP contribution in [0.15, 0.2) is 24.3 Å². The van der Waals surface area contributed by atoms with Gasteiger partial charge in [0.25, 0.3) is 0 Å². The molecule has 1 aliphatic rings. The first-order chi connectivity index (χ1) is 8.37. The van der Waals surface area contributed by atoms with Crippen LogP contribution in [0.1, 0.15) is 31.4 Å². The van der Waals surface area contributed by atoms with Gasteiger partial charge in [-0.05, 0) is 24.6 Å². The highest BCUT2D eigenvalue weighted by Crippen LogP contribution is 2.42. The Morgan fingerprint density at radius 3 is 2.72 bits per heavy atom. The molecule has 1 aliphatic carbocycles. The second kappa shape index (κ2) is 4.65. The zero-order chi connectivity index (χ0) is 13.3. The van der Waals surface area contributed by atoms with Gasteiger partial charge in [-0.3, -0.25) is 4.79 Å². The van der Waals surface area contributed by atoms with Gasteiger partial charge in [0.15, 0.2) is 0 Å². The standard InChI is InChI=1S/C13H16F2N2O/c1-8(16)9-3-2-4-11(5-9)17-12(18)10-6-13(14,15)7-10/h2-5,8,10H,6-7,16H2,1H3,(H,17,18). The topological polar surface area (TPSA) is 55.1 Å². The molecule has 0 saturated heterocycles. The number of hydrogen-bond donors (Lipinski definition) is 2. The quantitative estimate of drug-likeness (QED) is 0.871. The van der Waals surface area contributed by atoms with Gasteiger partial charge >= 0.3 is 0 Å². The molecule has 98 valence electrons. The molecule has 0 spiro atoms. The summed E-state index contributed by atoms with van der Waals surface area (Å²) in [5.74, 6) is -3.60. The van der Waals surface area contributed by atoms with Gasteiger partial charge in [0.2, 0.25) is 11.8 Å². The lowest BCUT2D eigenvalue weighted by molar-refractivity contribution is -0.145. The van der Waals surface area contributed by atoms with Crippen molar-refractivity contribution in [1.82, 2.24) is 0 Å². The Kier molecular flexibility index (Phi) is 3.34. The van der Waals surface area contributed by atoms with Crippen LogP contribution in [-0.2, 0) is 4.79 Å². The number of nitrogens with one attached hydrogen (secondary N) is 1. The fourth-order valence-corrected chi connectivity index (χ4v) is 1.99. The molecule has 0 aromatic heterocycles. The van der Waals surface area contributed by atoms with Crippen LogP contribution in [0, 0.1) is 5.92 Å². The molecule has 1 saturated carbocycles. The number of hydrogen-bond acceptors (Lipinski definition) is 2. The van der Waals surface area contributed by atoms with Crippen LogP contribution in [-0.4, -0.2) is 11.8 Å². The van der Waals surface area contributed by atoms with Gasteiger partial charge in [0.1, 0.15) is 0 Å². The third-order valence-corrected chi connectivity index (χ3v) is 3.14. The van der Waals surface area contributed by atoms with Crippen LogP contribution in [0.5, 0.6) is 0 Å². The average Bonchev–Trinajstić information content (AvgIpc) is 2.26. The Labute approximate surface area is 104 Å². The molecule has 0 aliphatic heterocycles. The largest absolute Gasteiger partial charge is 0.326 e. The molecule has 0 bridgehead atoms. The van der Waals surface area contributed by atoms with Crippen molar-refractivity contribution in [3.05, 3.63) is 29.8 Å². The maximum atomic E-state index is 12.7. The number of alkyl halides is 2. The van der Waals surface area contributed by atoms with Crippen LogP contribution in [0.25, 0.3) is 0 Å². The first kappa shape index (κ1) is 13.0. The summed E-state index contributed by atoms with van der Waals surface area (Å²) >= 11 is 0. The zero-order valence-electron chi connectivity index (χ0n) is 10.1. The van der Waals surface area contributed by atoms with Crippen LogP contribution in [0.2, 0.25) is 0 Å². The smallest absolute Gasteiger partial charge is 0.249 e. The number of carbonyl (C=O) groups excluding carboxylic acids is 1. The Hall–Kier alpha value is -1.49. The normalized spacial score (nSPS) is 20.0. The summed E-state index contributed by atoms with van der Waals surface area (Å²) in [5, 5.41) is 2.65. The van der Waals surface area contributed by atoms with Gasteiger partial charge < -0.3 is 11.1 Å². The molecule has 2 rings (SSSR count). The third kappa shape index (κ3) is 2.85. The van der Waals surface area contributed by atoms with E-state index in [1.165, 1.54) is 0 Å². The molecule has 0 radical (unpaired) electrons. The highest BCUT2D eigenvalue weighted by molar-refractivity contribution is 5.93. The van der Waals surface area contributed by atoms with E-state index < -0.39 is 11.8 Å². The summed E-state index contributed by atoms with van der Waals surface area (Å²) in [7, 11) is 0. The minimum atomic E-state index is -2.67. The molecule has 1 aromatic rings. The lowest BCUT2D eigenvalue weighted by Crippen LogP contribution is -2.42. The molecule has 5 heteroatoms. The zero-order valence-corrected chi connectivity index (χ0v) is 10.1. The lowest BCUT2D eigenvalue weighted by Gasteiger charge is -2.33. The Balaban J connectivity index is 1.97. The second-order valence-electron chi connectivity index (χ2n) is 4.86. The van der Waals surface area contributed by atoms with E-state index in [-0.39, 0.29) is 24.8 Å². The molecule has 18 heavy (non-hydrogen) atoms. The molecule has 0 heterocycles. The van der Waals surface area contributed by atoms with E-state index in [4.69, 9.17) is 5.73 Å². The summed E-state index contributed by atoms with van der Waals surface area (Å²) in [4.78, 5) is 11.7. The van der Waals surface area contributed by atoms with Crippen molar-refractivity contribution in [2.24, 2.45) is 11.7 Å². The van der Waals surface area contributed by atoms with Gasteiger partial charge in [0, 0.05) is 30.5 Å². The monoisotopic (exact) mass is 254 g/mol. The van der Waals surface area contributed by atoms with Crippen molar-refractivity contribution in [3.63, 3.8) is 0 Å². The van der Waals surface area contributed by atoms with E-state index >= 15 is 0 Å². The van der Waals surface area contributed by atoms with Crippen molar-refractivity contribution in [1.29, 1.82) is 0 Å². The molecule has 1 unspecified atom stereocenters. The predicted octanol–water partition coefficient (Wildman–Crippen LogP) is 2.69. The SMILES string of the molecule is CC(N)c1cccc(NC(=O)C2CC(F)(F)C2)c1. The summed E-state index contributed by atoms with van der Waals surface area (Å²) in [6.07, 6.45) is -0.711. The number of nitrogens with two attached hydrogens (primary N) is 1. The summed E-state index contributed by atoms with van der Waals surface area (Å²) in [5.41, 5.74) is 7.23. The van der Waals surface area contributed by atoms with Crippen molar-refractivity contribution in [2.45, 2.75) is 31.7 Å². The van der Waals surface area contributed by atoms with Gasteiger partial charge in [-0.1, -0.05) is 12.1 Å². The van der Waals surface area contributed by atoms with Gasteiger partial charge in [-0.2, -0.15) is 0 Å². The van der Waals surface area contributed by atoms with Crippen molar-refractivity contribution >= 4 is 11.6 Å². The summed E-state index contributed by atoms with van der Waals surface area (Å²) in [6, 6.07) is 7.00. The molecular weight excluding hydrogens is 238 g/mol. The lowest BCUT2D eigenvalue weighted by atomic mass is 9.81. The number of rotatable bonds is 3. The highest BCUT2D eigenvalue weighted by atomic mass is 19.3.